The highest BCUT2D eigenvalue weighted by Gasteiger charge is 2.43. The molecule has 0 aliphatic carbocycles. The third-order valence-electron chi connectivity index (χ3n) is 2.44. The average Bonchev–Trinajstić information content (AvgIpc) is 2.26. The summed E-state index contributed by atoms with van der Waals surface area (Å²) < 4.78 is 16.8. The van der Waals surface area contributed by atoms with Crippen molar-refractivity contribution in [3.8, 4) is 0 Å². The van der Waals surface area contributed by atoms with Crippen molar-refractivity contribution in [1.82, 2.24) is 0 Å². The molecule has 0 aromatic rings. The Morgan fingerprint density at radius 3 is 3.00 bits per heavy atom. The predicted molar refractivity (Wildman–Crippen MR) is 50.4 cm³/mol. The van der Waals surface area contributed by atoms with Crippen LogP contribution in [0.2, 0.25) is 0 Å². The Balaban J connectivity index is 2.26. The molecule has 0 spiro atoms. The Bertz CT molecular complexity index is 260. The molecular weight excluding hydrogens is 188 g/mol. The second-order valence-corrected chi connectivity index (χ2v) is 5.87. The van der Waals surface area contributed by atoms with Crippen molar-refractivity contribution < 1.29 is 14.4 Å². The van der Waals surface area contributed by atoms with Crippen LogP contribution in [0, 0.1) is 5.41 Å². The van der Waals surface area contributed by atoms with Crippen LogP contribution >= 0.6 is 0 Å². The minimum absolute atomic E-state index is 0.0638. The molecule has 0 saturated carbocycles. The fourth-order valence-electron chi connectivity index (χ4n) is 1.78. The monoisotopic (exact) mass is 202 g/mol. The van der Waals surface area contributed by atoms with Gasteiger partial charge in [-0.15, -0.1) is 0 Å². The van der Waals surface area contributed by atoms with E-state index in [2.05, 4.69) is 13.8 Å². The highest BCUT2D eigenvalue weighted by Crippen LogP contribution is 2.40. The lowest BCUT2D eigenvalue weighted by Crippen LogP contribution is -2.27. The standard InChI is InChI=1S/C9H14O3S/c1-9(2)3-6-7(10)4-13(11)8(6)12-5-9/h7,10H,3-5H2,1-2H3. The van der Waals surface area contributed by atoms with Gasteiger partial charge in [-0.3, -0.25) is 0 Å². The topological polar surface area (TPSA) is 52.5 Å². The van der Waals surface area contributed by atoms with Crippen molar-refractivity contribution in [1.29, 1.82) is 0 Å². The van der Waals surface area contributed by atoms with E-state index in [9.17, 15) is 9.66 Å². The number of rotatable bonds is 0. The molecule has 2 rings (SSSR count). The van der Waals surface area contributed by atoms with Crippen molar-refractivity contribution in [3.63, 3.8) is 0 Å². The molecule has 0 bridgehead atoms. The second-order valence-electron chi connectivity index (χ2n) is 4.47. The van der Waals surface area contributed by atoms with Crippen LogP contribution in [0.15, 0.2) is 10.7 Å². The SMILES string of the molecule is CC1(C)COC2=C(C1)C(O)C[S+]2[O-]. The Morgan fingerprint density at radius 2 is 2.31 bits per heavy atom. The maximum absolute atomic E-state index is 11.4. The van der Waals surface area contributed by atoms with E-state index in [4.69, 9.17) is 4.74 Å². The highest BCUT2D eigenvalue weighted by atomic mass is 32.2. The van der Waals surface area contributed by atoms with Crippen molar-refractivity contribution in [3.05, 3.63) is 10.7 Å². The van der Waals surface area contributed by atoms with Gasteiger partial charge in [0.1, 0.15) is 11.9 Å². The molecule has 0 fully saturated rings. The van der Waals surface area contributed by atoms with E-state index >= 15 is 0 Å². The van der Waals surface area contributed by atoms with E-state index in [1.54, 1.807) is 0 Å². The largest absolute Gasteiger partial charge is 0.609 e. The van der Waals surface area contributed by atoms with Gasteiger partial charge >= 0.3 is 5.09 Å². The summed E-state index contributed by atoms with van der Waals surface area (Å²) in [6.45, 7) is 4.78. The van der Waals surface area contributed by atoms with Crippen molar-refractivity contribution in [2.24, 2.45) is 5.41 Å². The van der Waals surface area contributed by atoms with Gasteiger partial charge in [-0.05, 0) is 6.42 Å². The lowest BCUT2D eigenvalue weighted by Gasteiger charge is -2.29. The van der Waals surface area contributed by atoms with Crippen molar-refractivity contribution in [2.75, 3.05) is 12.4 Å². The Kier molecular flexibility index (Phi) is 2.09. The van der Waals surface area contributed by atoms with Gasteiger partial charge in [0.05, 0.1) is 12.2 Å². The van der Waals surface area contributed by atoms with Crippen LogP contribution in [0.5, 0.6) is 0 Å². The highest BCUT2D eigenvalue weighted by molar-refractivity contribution is 7.95. The predicted octanol–water partition coefficient (Wildman–Crippen LogP) is 0.768. The fraction of sp³-hybridized carbons (Fsp3) is 0.778. The average molecular weight is 202 g/mol. The molecule has 0 aromatic carbocycles. The van der Waals surface area contributed by atoms with Gasteiger partial charge in [0.25, 0.3) is 0 Å². The van der Waals surface area contributed by atoms with Gasteiger partial charge in [0.15, 0.2) is 0 Å². The van der Waals surface area contributed by atoms with Crippen LogP contribution in [0.25, 0.3) is 0 Å². The molecule has 74 valence electrons. The summed E-state index contributed by atoms with van der Waals surface area (Å²) >= 11 is -1.10. The maximum Gasteiger partial charge on any atom is 0.308 e. The first-order valence-electron chi connectivity index (χ1n) is 4.42. The smallest absolute Gasteiger partial charge is 0.308 e. The van der Waals surface area contributed by atoms with Gasteiger partial charge in [-0.25, -0.2) is 0 Å². The molecule has 2 heterocycles. The van der Waals surface area contributed by atoms with Crippen LogP contribution < -0.4 is 0 Å². The summed E-state index contributed by atoms with van der Waals surface area (Å²) in [6.07, 6.45) is 0.255. The number of aliphatic hydroxyl groups is 1. The summed E-state index contributed by atoms with van der Waals surface area (Å²) in [4.78, 5) is 0. The third-order valence-corrected chi connectivity index (χ3v) is 3.86. The van der Waals surface area contributed by atoms with Crippen LogP contribution in [0.4, 0.5) is 0 Å². The summed E-state index contributed by atoms with van der Waals surface area (Å²) in [7, 11) is 0. The first-order valence-corrected chi connectivity index (χ1v) is 5.74. The minimum atomic E-state index is -1.10. The van der Waals surface area contributed by atoms with E-state index in [1.807, 2.05) is 0 Å². The molecule has 4 heteroatoms. The zero-order chi connectivity index (χ0) is 9.64. The number of hydrogen-bond acceptors (Lipinski definition) is 3. The zero-order valence-corrected chi connectivity index (χ0v) is 8.69. The van der Waals surface area contributed by atoms with E-state index in [0.29, 0.717) is 17.5 Å². The molecule has 2 unspecified atom stereocenters. The van der Waals surface area contributed by atoms with E-state index < -0.39 is 17.3 Å². The van der Waals surface area contributed by atoms with Gasteiger partial charge in [-0.2, -0.15) is 0 Å². The van der Waals surface area contributed by atoms with E-state index in [-0.39, 0.29) is 5.41 Å². The number of ether oxygens (including phenoxy) is 1. The maximum atomic E-state index is 11.4. The number of hydrogen-bond donors (Lipinski definition) is 1. The van der Waals surface area contributed by atoms with Crippen LogP contribution in [-0.2, 0) is 15.9 Å². The molecular formula is C9H14O3S. The lowest BCUT2D eigenvalue weighted by molar-refractivity contribution is 0.0927. The number of aliphatic hydroxyl groups excluding tert-OH is 1. The van der Waals surface area contributed by atoms with Crippen LogP contribution in [0.3, 0.4) is 0 Å². The van der Waals surface area contributed by atoms with Crippen LogP contribution in [0.1, 0.15) is 20.3 Å². The van der Waals surface area contributed by atoms with Crippen molar-refractivity contribution in [2.45, 2.75) is 26.4 Å². The molecule has 1 N–H and O–H groups in total. The molecule has 3 nitrogen and oxygen atoms in total. The third kappa shape index (κ3) is 1.58. The van der Waals surface area contributed by atoms with Gasteiger partial charge in [0.2, 0.25) is 0 Å². The molecule has 0 amide bonds. The Morgan fingerprint density at radius 1 is 1.62 bits per heavy atom. The van der Waals surface area contributed by atoms with E-state index in [1.165, 1.54) is 0 Å². The summed E-state index contributed by atoms with van der Waals surface area (Å²) in [6, 6.07) is 0. The van der Waals surface area contributed by atoms with Gasteiger partial charge in [-0.1, -0.05) is 13.8 Å². The molecule has 13 heavy (non-hydrogen) atoms. The second kappa shape index (κ2) is 2.90. The first-order chi connectivity index (χ1) is 5.99. The Hall–Kier alpha value is -0.190. The fourth-order valence-corrected chi connectivity index (χ4v) is 3.11. The molecule has 0 radical (unpaired) electrons. The summed E-state index contributed by atoms with van der Waals surface area (Å²) in [5, 5.41) is 10.1. The molecule has 0 aromatic heterocycles. The molecule has 2 aliphatic heterocycles. The van der Waals surface area contributed by atoms with Gasteiger partial charge in [0, 0.05) is 16.6 Å². The molecule has 2 atom stereocenters. The first kappa shape index (κ1) is 9.37. The molecule has 2 aliphatic rings. The molecule has 0 saturated heterocycles. The van der Waals surface area contributed by atoms with Crippen LogP contribution in [-0.4, -0.2) is 28.1 Å². The zero-order valence-electron chi connectivity index (χ0n) is 7.87. The quantitative estimate of drug-likeness (QED) is 0.590. The minimum Gasteiger partial charge on any atom is -0.609 e. The Labute approximate surface area is 81.0 Å². The normalized spacial score (nSPS) is 37.2. The summed E-state index contributed by atoms with van der Waals surface area (Å²) in [5.74, 6) is 0.320. The lowest BCUT2D eigenvalue weighted by atomic mass is 9.84. The summed E-state index contributed by atoms with van der Waals surface area (Å²) in [5.41, 5.74) is 0.920. The van der Waals surface area contributed by atoms with Crippen molar-refractivity contribution >= 4 is 11.2 Å². The van der Waals surface area contributed by atoms with Gasteiger partial charge < -0.3 is 14.4 Å². The van der Waals surface area contributed by atoms with E-state index in [0.717, 1.165) is 12.0 Å².